The molecule has 0 bridgehead atoms. The highest BCUT2D eigenvalue weighted by Gasteiger charge is 2.54. The van der Waals surface area contributed by atoms with E-state index < -0.39 is 17.5 Å². The number of ketones is 1. The fraction of sp³-hybridized carbons (Fsp3) is 0.516. The average Bonchev–Trinajstić information content (AvgIpc) is 3.22. The number of aromatic nitrogens is 2. The lowest BCUT2D eigenvalue weighted by atomic mass is 9.86. The number of benzene rings is 1. The highest BCUT2D eigenvalue weighted by atomic mass is 19.4. The summed E-state index contributed by atoms with van der Waals surface area (Å²) in [6.45, 7) is 8.11. The first-order valence-electron chi connectivity index (χ1n) is 13.9. The van der Waals surface area contributed by atoms with Gasteiger partial charge in [0.1, 0.15) is 11.2 Å². The van der Waals surface area contributed by atoms with Crippen molar-refractivity contribution < 1.29 is 27.5 Å². The predicted molar refractivity (Wildman–Crippen MR) is 152 cm³/mol. The highest BCUT2D eigenvalue weighted by molar-refractivity contribution is 6.09. The van der Waals surface area contributed by atoms with Crippen LogP contribution in [-0.4, -0.2) is 52.5 Å². The molecule has 10 heteroatoms. The second-order valence-corrected chi connectivity index (χ2v) is 11.6. The van der Waals surface area contributed by atoms with E-state index in [9.17, 15) is 27.6 Å². The van der Waals surface area contributed by atoms with Crippen LogP contribution in [0, 0.1) is 25.2 Å². The number of fused-ring (bicyclic) bond motifs is 1. The van der Waals surface area contributed by atoms with Gasteiger partial charge in [-0.25, -0.2) is 0 Å². The van der Waals surface area contributed by atoms with Gasteiger partial charge in [-0.15, -0.1) is 0 Å². The van der Waals surface area contributed by atoms with Gasteiger partial charge in [0.25, 0.3) is 5.56 Å². The predicted octanol–water partition coefficient (Wildman–Crippen LogP) is 6.16. The van der Waals surface area contributed by atoms with Gasteiger partial charge in [-0.2, -0.15) is 13.2 Å². The van der Waals surface area contributed by atoms with E-state index >= 15 is 0 Å². The first-order chi connectivity index (χ1) is 19.2. The number of halogens is 3. The quantitative estimate of drug-likeness (QED) is 0.327. The Balaban J connectivity index is 1.56. The molecular formula is C31H38F3N3O4. The summed E-state index contributed by atoms with van der Waals surface area (Å²) in [6, 6.07) is 9.37. The second-order valence-electron chi connectivity index (χ2n) is 11.6. The first-order valence-corrected chi connectivity index (χ1v) is 13.9. The number of hydrogen-bond acceptors (Lipinski definition) is 4. The minimum atomic E-state index is -4.61. The summed E-state index contributed by atoms with van der Waals surface area (Å²) >= 11 is 0. The Hall–Kier alpha value is -3.56. The normalized spacial score (nSPS) is 15.8. The highest BCUT2D eigenvalue weighted by Crippen LogP contribution is 2.41. The number of rotatable bonds is 8. The van der Waals surface area contributed by atoms with Crippen molar-refractivity contribution in [1.29, 1.82) is 0 Å². The van der Waals surface area contributed by atoms with Crippen LogP contribution in [0.15, 0.2) is 35.1 Å². The topological polar surface area (TPSA) is 84.4 Å². The molecule has 1 fully saturated rings. The first kappa shape index (κ1) is 30.4. The summed E-state index contributed by atoms with van der Waals surface area (Å²) < 4.78 is 47.9. The van der Waals surface area contributed by atoms with Crippen molar-refractivity contribution in [2.24, 2.45) is 11.3 Å². The van der Waals surface area contributed by atoms with Crippen LogP contribution < -0.4 is 10.3 Å². The number of amides is 1. The maximum Gasteiger partial charge on any atom is 0.402 e. The zero-order valence-electron chi connectivity index (χ0n) is 24.4. The van der Waals surface area contributed by atoms with E-state index in [1.54, 1.807) is 13.0 Å². The molecule has 4 rings (SSSR count). The lowest BCUT2D eigenvalue weighted by molar-refractivity contribution is -0.217. The third kappa shape index (κ3) is 5.65. The van der Waals surface area contributed by atoms with Crippen LogP contribution in [0.1, 0.15) is 73.4 Å². The SMILES string of the molecule is COc1cc(C)[nH]c(=O)c1CCC(=O)c1c(C)n([C@H](C)C2CCN(C(=O)C(C)(C)C(F)(F)F)CC2)c2ccccc12. The Labute approximate surface area is 237 Å². The third-order valence-electron chi connectivity index (χ3n) is 8.65. The number of hydrogen-bond donors (Lipinski definition) is 1. The molecule has 1 atom stereocenters. The van der Waals surface area contributed by atoms with Gasteiger partial charge >= 0.3 is 6.18 Å². The molecule has 1 saturated heterocycles. The molecule has 7 nitrogen and oxygen atoms in total. The number of nitrogens with zero attached hydrogens (tertiary/aromatic N) is 2. The fourth-order valence-electron chi connectivity index (χ4n) is 6.05. The molecule has 1 N–H and O–H groups in total. The van der Waals surface area contributed by atoms with Crippen LogP contribution in [0.25, 0.3) is 10.9 Å². The van der Waals surface area contributed by atoms with E-state index in [2.05, 4.69) is 16.5 Å². The molecular weight excluding hydrogens is 535 g/mol. The smallest absolute Gasteiger partial charge is 0.402 e. The molecule has 222 valence electrons. The van der Waals surface area contributed by atoms with Gasteiger partial charge in [0.15, 0.2) is 5.78 Å². The molecule has 1 aliphatic rings. The number of Topliss-reactive ketones (excluding diaryl/α,β-unsaturated/α-hetero) is 1. The summed E-state index contributed by atoms with van der Waals surface area (Å²) in [4.78, 5) is 43.0. The van der Waals surface area contributed by atoms with Gasteiger partial charge < -0.3 is 19.2 Å². The molecule has 1 aromatic carbocycles. The second kappa shape index (κ2) is 11.4. The average molecular weight is 574 g/mol. The lowest BCUT2D eigenvalue weighted by Crippen LogP contribution is -2.51. The van der Waals surface area contributed by atoms with Crippen LogP contribution in [-0.2, 0) is 11.2 Å². The number of carbonyl (C=O) groups excluding carboxylic acids is 2. The number of carbonyl (C=O) groups is 2. The number of methoxy groups -OCH3 is 1. The van der Waals surface area contributed by atoms with Crippen molar-refractivity contribution >= 4 is 22.6 Å². The zero-order valence-corrected chi connectivity index (χ0v) is 24.4. The number of H-pyrrole nitrogens is 1. The molecule has 1 aliphatic heterocycles. The standard InChI is InChI=1S/C31H38F3N3O4/c1-18-17-26(41-6)23(28(39)35-18)11-12-25(38)27-20(3)37(24-10-8-7-9-22(24)27)19(2)21-13-15-36(16-14-21)29(40)30(4,5)31(32,33)34/h7-10,17,19,21H,11-16H2,1-6H3,(H,35,39)/t19-/m1/s1. The van der Waals surface area contributed by atoms with Crippen LogP contribution in [0.5, 0.6) is 5.75 Å². The molecule has 1 amide bonds. The van der Waals surface area contributed by atoms with E-state index in [0.29, 0.717) is 35.4 Å². The van der Waals surface area contributed by atoms with Gasteiger partial charge in [-0.05, 0) is 71.9 Å². The van der Waals surface area contributed by atoms with Gasteiger partial charge in [-0.1, -0.05) is 18.2 Å². The van der Waals surface area contributed by atoms with Crippen molar-refractivity contribution in [3.8, 4) is 5.75 Å². The number of ether oxygens (including phenoxy) is 1. The molecule has 3 heterocycles. The van der Waals surface area contributed by atoms with Crippen molar-refractivity contribution in [2.45, 2.75) is 72.5 Å². The number of para-hydroxylation sites is 1. The maximum absolute atomic E-state index is 13.6. The summed E-state index contributed by atoms with van der Waals surface area (Å²) in [5, 5.41) is 0.825. The van der Waals surface area contributed by atoms with Gasteiger partial charge in [0.2, 0.25) is 5.91 Å². The van der Waals surface area contributed by atoms with Gasteiger partial charge in [0, 0.05) is 53.4 Å². The molecule has 0 spiro atoms. The molecule has 0 unspecified atom stereocenters. The molecule has 41 heavy (non-hydrogen) atoms. The zero-order chi connectivity index (χ0) is 30.3. The van der Waals surface area contributed by atoms with Crippen LogP contribution in [0.2, 0.25) is 0 Å². The van der Waals surface area contributed by atoms with Crippen LogP contribution in [0.4, 0.5) is 13.2 Å². The summed E-state index contributed by atoms with van der Waals surface area (Å²) in [7, 11) is 1.50. The molecule has 0 saturated carbocycles. The Morgan fingerprint density at radius 3 is 2.37 bits per heavy atom. The number of nitrogens with one attached hydrogen (secondary N) is 1. The number of pyridine rings is 1. The summed E-state index contributed by atoms with van der Waals surface area (Å²) in [5.74, 6) is -0.409. The molecule has 0 aliphatic carbocycles. The van der Waals surface area contributed by atoms with Crippen molar-refractivity contribution in [3.05, 3.63) is 63.2 Å². The number of aromatic amines is 1. The third-order valence-corrected chi connectivity index (χ3v) is 8.65. The Morgan fingerprint density at radius 2 is 1.76 bits per heavy atom. The van der Waals surface area contributed by atoms with Crippen molar-refractivity contribution in [2.75, 3.05) is 20.2 Å². The van der Waals surface area contributed by atoms with E-state index in [1.165, 1.54) is 12.0 Å². The molecule has 3 aromatic rings. The van der Waals surface area contributed by atoms with E-state index in [-0.39, 0.29) is 49.2 Å². The lowest BCUT2D eigenvalue weighted by Gasteiger charge is -2.39. The van der Waals surface area contributed by atoms with Crippen molar-refractivity contribution in [3.63, 3.8) is 0 Å². The van der Waals surface area contributed by atoms with Gasteiger partial charge in [0.05, 0.1) is 12.7 Å². The number of alkyl halides is 3. The fourth-order valence-corrected chi connectivity index (χ4v) is 6.05. The Bertz CT molecular complexity index is 1510. The summed E-state index contributed by atoms with van der Waals surface area (Å²) in [6.07, 6.45) is -3.14. The minimum absolute atomic E-state index is 0.0469. The Kier molecular flexibility index (Phi) is 8.43. The number of aryl methyl sites for hydroxylation is 1. The number of piperidine rings is 1. The van der Waals surface area contributed by atoms with E-state index in [1.807, 2.05) is 31.2 Å². The van der Waals surface area contributed by atoms with E-state index in [4.69, 9.17) is 4.74 Å². The summed E-state index contributed by atoms with van der Waals surface area (Å²) in [5.41, 5.74) is 0.723. The van der Waals surface area contributed by atoms with Crippen molar-refractivity contribution in [1.82, 2.24) is 14.5 Å². The van der Waals surface area contributed by atoms with E-state index in [0.717, 1.165) is 30.4 Å². The van der Waals surface area contributed by atoms with Crippen LogP contribution >= 0.6 is 0 Å². The largest absolute Gasteiger partial charge is 0.496 e. The Morgan fingerprint density at radius 1 is 1.12 bits per heavy atom. The maximum atomic E-state index is 13.6. The van der Waals surface area contributed by atoms with Crippen LogP contribution in [0.3, 0.4) is 0 Å². The monoisotopic (exact) mass is 573 g/mol. The molecule has 0 radical (unpaired) electrons. The molecule has 2 aromatic heterocycles. The minimum Gasteiger partial charge on any atom is -0.496 e. The van der Waals surface area contributed by atoms with Gasteiger partial charge in [-0.3, -0.25) is 14.4 Å². The number of likely N-dealkylation sites (tertiary alicyclic amines) is 1.